The zero-order chi connectivity index (χ0) is 35.5. The van der Waals surface area contributed by atoms with Crippen molar-refractivity contribution < 1.29 is 33.3 Å². The molecule has 4 heterocycles. The fourth-order valence-electron chi connectivity index (χ4n) is 11.7. The maximum absolute atomic E-state index is 13.9. The SMILES string of the molecule is CC(C)[C@]12O[C@H]1[C@@H]1O[C@]13[C@]1(O[C@H]1C[C@H]1C4=C(CC[C@@]13C)C(=O)OC4)[C@@H]2OC(=O)CCCCC[P+](c1ccccc1)(c1ccccc1)c1ccccc1. The first kappa shape index (κ1) is 33.2. The fourth-order valence-corrected chi connectivity index (χ4v) is 16.1. The van der Waals surface area contributed by atoms with Crippen LogP contribution >= 0.6 is 7.26 Å². The number of ether oxygens (including phenoxy) is 5. The van der Waals surface area contributed by atoms with E-state index >= 15 is 0 Å². The van der Waals surface area contributed by atoms with Gasteiger partial charge < -0.3 is 23.7 Å². The maximum Gasteiger partial charge on any atom is 0.334 e. The summed E-state index contributed by atoms with van der Waals surface area (Å²) in [7, 11) is -1.91. The molecule has 0 N–H and O–H groups in total. The first-order chi connectivity index (χ1) is 25.2. The van der Waals surface area contributed by atoms with E-state index in [4.69, 9.17) is 23.7 Å². The monoisotopic (exact) mass is 719 g/mol. The van der Waals surface area contributed by atoms with Gasteiger partial charge in [0.25, 0.3) is 0 Å². The van der Waals surface area contributed by atoms with Crippen LogP contribution in [0.15, 0.2) is 102 Å². The van der Waals surface area contributed by atoms with E-state index < -0.39 is 30.2 Å². The summed E-state index contributed by atoms with van der Waals surface area (Å²) in [5, 5.41) is 4.16. The number of rotatable bonds is 11. The van der Waals surface area contributed by atoms with Gasteiger partial charge in [0, 0.05) is 17.4 Å². The molecule has 2 saturated carbocycles. The highest BCUT2D eigenvalue weighted by atomic mass is 31.2. The number of cyclic esters (lactones) is 1. The Balaban J connectivity index is 0.871. The Morgan fingerprint density at radius 2 is 1.48 bits per heavy atom. The average molecular weight is 720 g/mol. The Kier molecular flexibility index (Phi) is 7.40. The molecule has 3 aromatic rings. The lowest BCUT2D eigenvalue weighted by molar-refractivity contribution is -0.169. The van der Waals surface area contributed by atoms with Gasteiger partial charge in [-0.05, 0) is 92.3 Å². The van der Waals surface area contributed by atoms with E-state index in [1.165, 1.54) is 15.9 Å². The predicted molar refractivity (Wildman–Crippen MR) is 199 cm³/mol. The predicted octanol–water partition coefficient (Wildman–Crippen LogP) is 6.21. The molecule has 2 spiro atoms. The minimum Gasteiger partial charge on any atom is -0.458 e. The largest absolute Gasteiger partial charge is 0.458 e. The van der Waals surface area contributed by atoms with Crippen molar-refractivity contribution in [2.75, 3.05) is 12.8 Å². The van der Waals surface area contributed by atoms with Gasteiger partial charge in [-0.3, -0.25) is 4.79 Å². The van der Waals surface area contributed by atoms with E-state index in [2.05, 4.69) is 112 Å². The standard InChI is InChI=1S/C44H48O7P/c1-28(2)42-37(50-42)38-44(51-38)41(3)24-23-32-33(27-47-39(32)46)34(41)26-35-43(44,49-35)40(42)48-36(45)22-14-7-15-25-52(29-16-8-4-9-17-29,30-18-10-5-11-19-30)31-20-12-6-13-21-31/h4-6,8-13,16-21,28,34-35,37-38,40H,7,14-15,22-27H2,1-3H3/q+1/t34-,35-,37-,38-,40+,41-,42-,43+,44+/m0/s1. The van der Waals surface area contributed by atoms with Gasteiger partial charge in [0.1, 0.15) is 53.2 Å². The topological polar surface area (TPSA) is 90.2 Å². The molecule has 0 aromatic heterocycles. The second kappa shape index (κ2) is 11.6. The van der Waals surface area contributed by atoms with Gasteiger partial charge in [-0.2, -0.15) is 0 Å². The molecule has 3 aromatic carbocycles. The molecule has 0 radical (unpaired) electrons. The summed E-state index contributed by atoms with van der Waals surface area (Å²) in [6.07, 6.45) is 5.52. The molecule has 52 heavy (non-hydrogen) atoms. The van der Waals surface area contributed by atoms with Crippen molar-refractivity contribution in [3.63, 3.8) is 0 Å². The van der Waals surface area contributed by atoms with Crippen molar-refractivity contribution in [3.05, 3.63) is 102 Å². The molecule has 8 heteroatoms. The Morgan fingerprint density at radius 1 is 0.846 bits per heavy atom. The van der Waals surface area contributed by atoms with Gasteiger partial charge in [-0.1, -0.05) is 75.4 Å². The molecule has 3 aliphatic carbocycles. The van der Waals surface area contributed by atoms with Crippen molar-refractivity contribution in [1.82, 2.24) is 0 Å². The molecular weight excluding hydrogens is 671 g/mol. The molecule has 7 nitrogen and oxygen atoms in total. The molecule has 7 aliphatic rings. The van der Waals surface area contributed by atoms with Crippen LogP contribution in [0.1, 0.15) is 65.7 Å². The molecular formula is C44H48O7P+. The van der Waals surface area contributed by atoms with E-state index in [1.807, 2.05) is 0 Å². The Hall–Kier alpha value is -3.35. The van der Waals surface area contributed by atoms with Crippen LogP contribution in [0.25, 0.3) is 0 Å². The molecule has 5 fully saturated rings. The lowest BCUT2D eigenvalue weighted by Gasteiger charge is -2.53. The number of carbonyl (C=O) groups is 2. The smallest absolute Gasteiger partial charge is 0.334 e. The summed E-state index contributed by atoms with van der Waals surface area (Å²) >= 11 is 0. The molecule has 10 rings (SSSR count). The van der Waals surface area contributed by atoms with Crippen LogP contribution < -0.4 is 15.9 Å². The Bertz CT molecular complexity index is 1850. The van der Waals surface area contributed by atoms with Crippen LogP contribution in [0.5, 0.6) is 0 Å². The number of carbonyl (C=O) groups excluding carboxylic acids is 2. The zero-order valence-electron chi connectivity index (χ0n) is 30.3. The van der Waals surface area contributed by atoms with E-state index in [0.29, 0.717) is 19.4 Å². The van der Waals surface area contributed by atoms with Crippen LogP contribution in [0.4, 0.5) is 0 Å². The third-order valence-electron chi connectivity index (χ3n) is 14.3. The summed E-state index contributed by atoms with van der Waals surface area (Å²) in [5.41, 5.74) is -0.184. The zero-order valence-corrected chi connectivity index (χ0v) is 31.2. The molecule has 270 valence electrons. The number of hydrogen-bond donors (Lipinski definition) is 0. The molecule has 9 atom stereocenters. The fraction of sp³-hybridized carbons (Fsp3) is 0.500. The van der Waals surface area contributed by atoms with E-state index in [-0.39, 0.29) is 47.5 Å². The van der Waals surface area contributed by atoms with Crippen molar-refractivity contribution in [2.45, 2.75) is 107 Å². The van der Waals surface area contributed by atoms with Gasteiger partial charge in [-0.25, -0.2) is 4.79 Å². The summed E-state index contributed by atoms with van der Waals surface area (Å²) < 4.78 is 32.5. The summed E-state index contributed by atoms with van der Waals surface area (Å²) in [5.74, 6) is -0.0607. The van der Waals surface area contributed by atoms with Crippen LogP contribution in [-0.2, 0) is 33.3 Å². The molecule has 0 unspecified atom stereocenters. The molecule has 0 bridgehead atoms. The first-order valence-electron chi connectivity index (χ1n) is 19.4. The highest BCUT2D eigenvalue weighted by Crippen LogP contribution is 2.83. The minimum atomic E-state index is -1.91. The first-order valence-corrected chi connectivity index (χ1v) is 21.4. The van der Waals surface area contributed by atoms with Gasteiger partial charge >= 0.3 is 11.9 Å². The third kappa shape index (κ3) is 4.23. The van der Waals surface area contributed by atoms with Gasteiger partial charge in [-0.15, -0.1) is 0 Å². The lowest BCUT2D eigenvalue weighted by Crippen LogP contribution is -2.70. The summed E-state index contributed by atoms with van der Waals surface area (Å²) in [6, 6.07) is 33.0. The van der Waals surface area contributed by atoms with Crippen molar-refractivity contribution in [3.8, 4) is 0 Å². The van der Waals surface area contributed by atoms with Crippen molar-refractivity contribution in [2.24, 2.45) is 17.3 Å². The van der Waals surface area contributed by atoms with Crippen LogP contribution in [0.3, 0.4) is 0 Å². The van der Waals surface area contributed by atoms with Crippen LogP contribution in [-0.4, -0.2) is 65.9 Å². The third-order valence-corrected chi connectivity index (χ3v) is 18.8. The second-order valence-electron chi connectivity index (χ2n) is 16.7. The lowest BCUT2D eigenvalue weighted by atomic mass is 9.46. The van der Waals surface area contributed by atoms with Gasteiger partial charge in [0.15, 0.2) is 11.7 Å². The Morgan fingerprint density at radius 3 is 2.10 bits per heavy atom. The highest BCUT2D eigenvalue weighted by Gasteiger charge is 3.01. The van der Waals surface area contributed by atoms with Crippen LogP contribution in [0.2, 0.25) is 0 Å². The highest BCUT2D eigenvalue weighted by molar-refractivity contribution is 7.95. The second-order valence-corrected chi connectivity index (χ2v) is 20.3. The average Bonchev–Trinajstić information content (AvgIpc) is 4.10. The number of esters is 2. The minimum absolute atomic E-state index is 0.0923. The van der Waals surface area contributed by atoms with E-state index in [1.54, 1.807) is 0 Å². The summed E-state index contributed by atoms with van der Waals surface area (Å²) in [4.78, 5) is 26.5. The quantitative estimate of drug-likeness (QED) is 0.101. The maximum atomic E-state index is 13.9. The molecule has 0 amide bonds. The summed E-state index contributed by atoms with van der Waals surface area (Å²) in [6.45, 7) is 7.02. The van der Waals surface area contributed by atoms with E-state index in [9.17, 15) is 9.59 Å². The van der Waals surface area contributed by atoms with Crippen molar-refractivity contribution >= 4 is 35.1 Å². The van der Waals surface area contributed by atoms with Crippen molar-refractivity contribution in [1.29, 1.82) is 0 Å². The molecule has 4 aliphatic heterocycles. The van der Waals surface area contributed by atoms with Crippen LogP contribution in [0, 0.1) is 17.3 Å². The normalized spacial score (nSPS) is 37.5. The Labute approximate surface area is 306 Å². The van der Waals surface area contributed by atoms with Gasteiger partial charge in [0.05, 0.1) is 12.3 Å². The van der Waals surface area contributed by atoms with E-state index in [0.717, 1.165) is 49.4 Å². The number of unbranched alkanes of at least 4 members (excludes halogenated alkanes) is 2. The number of epoxide rings is 3. The molecule has 3 saturated heterocycles. The number of benzene rings is 3. The van der Waals surface area contributed by atoms with Gasteiger partial charge in [0.2, 0.25) is 0 Å². The number of fused-ring (bicyclic) bond motifs is 4. The number of hydrogen-bond acceptors (Lipinski definition) is 7.